The molecule has 1 saturated heterocycles. The van der Waals surface area contributed by atoms with E-state index in [1.165, 1.54) is 32.6 Å². The highest BCUT2D eigenvalue weighted by atomic mass is 16.7. The van der Waals surface area contributed by atoms with Gasteiger partial charge in [-0.05, 0) is 65.6 Å². The maximum Gasteiger partial charge on any atom is 0.220 e. The van der Waals surface area contributed by atoms with Crippen LogP contribution in [-0.4, -0.2) is 53.6 Å². The van der Waals surface area contributed by atoms with E-state index >= 15 is 0 Å². The van der Waals surface area contributed by atoms with E-state index in [1.54, 1.807) is 0 Å². The number of aliphatic hydroxyl groups is 1. The van der Waals surface area contributed by atoms with Gasteiger partial charge in [0, 0.05) is 57.5 Å². The first-order chi connectivity index (χ1) is 23.9. The van der Waals surface area contributed by atoms with E-state index in [0.717, 1.165) is 72.2 Å². The average molecular weight is 668 g/mol. The Morgan fingerprint density at radius 1 is 0.898 bits per heavy atom. The fraction of sp³-hybridized carbons (Fsp3) is 0.463. The minimum atomic E-state index is -0.531. The van der Waals surface area contributed by atoms with Crippen molar-refractivity contribution in [3.05, 3.63) is 108 Å². The van der Waals surface area contributed by atoms with E-state index in [-0.39, 0.29) is 30.6 Å². The van der Waals surface area contributed by atoms with Crippen LogP contribution in [0.1, 0.15) is 99.4 Å². The van der Waals surface area contributed by atoms with Crippen molar-refractivity contribution in [1.82, 2.24) is 15.5 Å². The molecule has 0 aromatic heterocycles. The van der Waals surface area contributed by atoms with Crippen molar-refractivity contribution >= 4 is 11.8 Å². The molecule has 1 aliphatic carbocycles. The van der Waals surface area contributed by atoms with Crippen molar-refractivity contribution in [2.75, 3.05) is 19.6 Å². The summed E-state index contributed by atoms with van der Waals surface area (Å²) in [5, 5.41) is 15.4. The molecule has 2 amide bonds. The Morgan fingerprint density at radius 3 is 2.39 bits per heavy atom. The zero-order valence-electron chi connectivity index (χ0n) is 28.9. The van der Waals surface area contributed by atoms with Crippen LogP contribution >= 0.6 is 0 Å². The number of hydrogen-bond donors (Lipinski definition) is 3. The van der Waals surface area contributed by atoms with Crippen LogP contribution in [0.25, 0.3) is 11.1 Å². The SMILES string of the molecule is C=CCN(C[C@H]1C[C@@H](c2ccc(CO)cc2)O[C@@H](c2cccc(-c3cccc(CNC(=O)CCCCCNC(C)=O)c3)c2)O1)C1CCCC1. The van der Waals surface area contributed by atoms with Crippen molar-refractivity contribution in [3.8, 4) is 11.1 Å². The van der Waals surface area contributed by atoms with Gasteiger partial charge in [0.15, 0.2) is 6.29 Å². The lowest BCUT2D eigenvalue weighted by Crippen LogP contribution is -2.43. The molecule has 1 saturated carbocycles. The predicted molar refractivity (Wildman–Crippen MR) is 193 cm³/mol. The number of benzene rings is 3. The van der Waals surface area contributed by atoms with Crippen LogP contribution in [-0.2, 0) is 32.2 Å². The molecule has 0 bridgehead atoms. The minimum Gasteiger partial charge on any atom is -0.392 e. The fourth-order valence-electron chi connectivity index (χ4n) is 6.97. The second-order valence-corrected chi connectivity index (χ2v) is 13.4. The molecule has 3 aromatic rings. The number of carbonyl (C=O) groups is 2. The summed E-state index contributed by atoms with van der Waals surface area (Å²) in [7, 11) is 0. The molecule has 0 radical (unpaired) electrons. The molecule has 0 unspecified atom stereocenters. The smallest absolute Gasteiger partial charge is 0.220 e. The third-order valence-corrected chi connectivity index (χ3v) is 9.62. The first kappa shape index (κ1) is 36.5. The van der Waals surface area contributed by atoms with Crippen molar-refractivity contribution in [1.29, 1.82) is 0 Å². The van der Waals surface area contributed by atoms with Crippen LogP contribution in [0.3, 0.4) is 0 Å². The Hall–Kier alpha value is -3.82. The third kappa shape index (κ3) is 11.1. The Balaban J connectivity index is 1.26. The van der Waals surface area contributed by atoms with Crippen molar-refractivity contribution in [2.24, 2.45) is 0 Å². The van der Waals surface area contributed by atoms with Crippen LogP contribution in [0.15, 0.2) is 85.5 Å². The Labute approximate surface area is 291 Å². The number of nitrogens with one attached hydrogen (secondary N) is 2. The number of ether oxygens (including phenoxy) is 2. The molecule has 0 spiro atoms. The van der Waals surface area contributed by atoms with Gasteiger partial charge in [-0.15, -0.1) is 6.58 Å². The number of aliphatic hydroxyl groups excluding tert-OH is 1. The lowest BCUT2D eigenvalue weighted by molar-refractivity contribution is -0.253. The van der Waals surface area contributed by atoms with Crippen LogP contribution in [0.5, 0.6) is 0 Å². The molecule has 3 aromatic carbocycles. The average Bonchev–Trinajstić information content (AvgIpc) is 3.67. The summed E-state index contributed by atoms with van der Waals surface area (Å²) in [6.45, 7) is 8.36. The predicted octanol–water partition coefficient (Wildman–Crippen LogP) is 7.13. The van der Waals surface area contributed by atoms with E-state index in [2.05, 4.69) is 70.6 Å². The van der Waals surface area contributed by atoms with E-state index in [9.17, 15) is 14.7 Å². The molecule has 1 heterocycles. The summed E-state index contributed by atoms with van der Waals surface area (Å²) < 4.78 is 13.4. The topological polar surface area (TPSA) is 100 Å². The van der Waals surface area contributed by atoms with Gasteiger partial charge in [0.1, 0.15) is 0 Å². The second-order valence-electron chi connectivity index (χ2n) is 13.4. The van der Waals surface area contributed by atoms with Crippen molar-refractivity contribution in [3.63, 3.8) is 0 Å². The van der Waals surface area contributed by atoms with E-state index in [4.69, 9.17) is 9.47 Å². The molecular weight excluding hydrogens is 614 g/mol. The van der Waals surface area contributed by atoms with Gasteiger partial charge < -0.3 is 25.2 Å². The summed E-state index contributed by atoms with van der Waals surface area (Å²) in [5.74, 6) is 0.0140. The van der Waals surface area contributed by atoms with Gasteiger partial charge >= 0.3 is 0 Å². The second kappa shape index (κ2) is 18.8. The molecule has 49 heavy (non-hydrogen) atoms. The molecule has 3 atom stereocenters. The molecule has 5 rings (SSSR count). The van der Waals surface area contributed by atoms with Gasteiger partial charge in [0.05, 0.1) is 18.8 Å². The molecule has 8 heteroatoms. The number of amides is 2. The van der Waals surface area contributed by atoms with Gasteiger partial charge in [0.2, 0.25) is 11.8 Å². The number of rotatable bonds is 17. The number of nitrogens with zero attached hydrogens (tertiary/aromatic N) is 1. The fourth-order valence-corrected chi connectivity index (χ4v) is 6.97. The molecule has 2 aliphatic rings. The molecule has 8 nitrogen and oxygen atoms in total. The molecular formula is C41H53N3O5. The third-order valence-electron chi connectivity index (χ3n) is 9.62. The maximum atomic E-state index is 12.5. The molecule has 2 fully saturated rings. The molecule has 3 N–H and O–H groups in total. The van der Waals surface area contributed by atoms with E-state index in [1.807, 2.05) is 30.3 Å². The number of carbonyl (C=O) groups excluding carboxylic acids is 2. The quantitative estimate of drug-likeness (QED) is 0.105. The van der Waals surface area contributed by atoms with Gasteiger partial charge in [-0.1, -0.05) is 86.0 Å². The lowest BCUT2D eigenvalue weighted by Gasteiger charge is -2.39. The first-order valence-electron chi connectivity index (χ1n) is 18.0. The lowest BCUT2D eigenvalue weighted by atomic mass is 9.98. The van der Waals surface area contributed by atoms with Crippen LogP contribution < -0.4 is 10.6 Å². The normalized spacial score (nSPS) is 19.5. The monoisotopic (exact) mass is 667 g/mol. The van der Waals surface area contributed by atoms with Crippen molar-refractivity contribution in [2.45, 2.75) is 102 Å². The molecule has 262 valence electrons. The number of unbranched alkanes of at least 4 members (excludes halogenated alkanes) is 2. The van der Waals surface area contributed by atoms with Crippen molar-refractivity contribution < 1.29 is 24.2 Å². The summed E-state index contributed by atoms with van der Waals surface area (Å²) in [5.41, 5.74) is 6.09. The van der Waals surface area contributed by atoms with Gasteiger partial charge in [-0.25, -0.2) is 0 Å². The minimum absolute atomic E-state index is 0.0144. The number of hydrogen-bond acceptors (Lipinski definition) is 6. The molecule has 1 aliphatic heterocycles. The highest BCUT2D eigenvalue weighted by Crippen LogP contribution is 2.39. The summed E-state index contributed by atoms with van der Waals surface area (Å²) >= 11 is 0. The maximum absolute atomic E-state index is 12.5. The zero-order chi connectivity index (χ0) is 34.4. The van der Waals surface area contributed by atoms with Gasteiger partial charge in [-0.3, -0.25) is 14.5 Å². The highest BCUT2D eigenvalue weighted by Gasteiger charge is 2.34. The van der Waals surface area contributed by atoms with Gasteiger partial charge in [0.25, 0.3) is 0 Å². The largest absolute Gasteiger partial charge is 0.392 e. The Bertz CT molecular complexity index is 1500. The van der Waals surface area contributed by atoms with Crippen LogP contribution in [0, 0.1) is 0 Å². The van der Waals surface area contributed by atoms with Gasteiger partial charge in [-0.2, -0.15) is 0 Å². The summed E-state index contributed by atoms with van der Waals surface area (Å²) in [6.07, 6.45) is 10.1. The summed E-state index contributed by atoms with van der Waals surface area (Å²) in [6, 6.07) is 25.2. The summed E-state index contributed by atoms with van der Waals surface area (Å²) in [4.78, 5) is 26.0. The van der Waals surface area contributed by atoms with Crippen LogP contribution in [0.4, 0.5) is 0 Å². The standard InChI is InChI=1S/C41H53N3O5/c1-3-23-44(37-15-6-7-16-37)28-38-26-39(33-20-18-31(29-45)19-21-33)49-41(48-38)36-14-10-13-35(25-36)34-12-9-11-32(24-34)27-43-40(47)17-5-4-8-22-42-30(2)46/h3,9-14,18-21,24-25,37-39,41,45H,1,4-8,15-17,22-23,26-29H2,2H3,(H,42,46)(H,43,47)/t38-,39+,41+/m1/s1. The first-order valence-corrected chi connectivity index (χ1v) is 18.0. The zero-order valence-corrected chi connectivity index (χ0v) is 28.9. The highest BCUT2D eigenvalue weighted by molar-refractivity contribution is 5.76. The van der Waals surface area contributed by atoms with E-state index in [0.29, 0.717) is 25.6 Å². The van der Waals surface area contributed by atoms with E-state index < -0.39 is 6.29 Å². The Morgan fingerprint density at radius 2 is 1.65 bits per heavy atom. The Kier molecular flexibility index (Phi) is 14.0. The van der Waals surface area contributed by atoms with Crippen LogP contribution in [0.2, 0.25) is 0 Å².